The number of hydrogen-bond donors (Lipinski definition) is 0. The van der Waals surface area contributed by atoms with Crippen LogP contribution in [0.1, 0.15) is 27.4 Å². The quantitative estimate of drug-likeness (QED) is 0.0558. The third-order valence-corrected chi connectivity index (χ3v) is 7.61. The maximum Gasteiger partial charge on any atom is 0.399 e. The Morgan fingerprint density at radius 2 is 1.24 bits per heavy atom. The Labute approximate surface area is 260 Å². The molecule has 0 radical (unpaired) electrons. The summed E-state index contributed by atoms with van der Waals surface area (Å²) in [5.74, 6) is -2.55. The molecule has 3 aliphatic rings. The zero-order chi connectivity index (χ0) is 31.8. The van der Waals surface area contributed by atoms with Crippen LogP contribution in [0.15, 0.2) is 78.9 Å². The van der Waals surface area contributed by atoms with Gasteiger partial charge >= 0.3 is 12.1 Å². The molecule has 3 atom stereocenters. The molecule has 7 rings (SSSR count). The third-order valence-electron chi connectivity index (χ3n) is 7.61. The first-order valence-electron chi connectivity index (χ1n) is 14.4. The second-order valence-electron chi connectivity index (χ2n) is 10.9. The van der Waals surface area contributed by atoms with Crippen LogP contribution < -0.4 is 23.7 Å². The first-order chi connectivity index (χ1) is 22.2. The zero-order valence-electron chi connectivity index (χ0n) is 24.1. The largest absolute Gasteiger partial charge is 0.491 e. The van der Waals surface area contributed by atoms with Crippen molar-refractivity contribution in [3.8, 4) is 39.9 Å². The van der Waals surface area contributed by atoms with Gasteiger partial charge in [-0.2, -0.15) is 13.2 Å². The molecule has 2 heterocycles. The van der Waals surface area contributed by atoms with Crippen LogP contribution in [0.4, 0.5) is 17.6 Å². The minimum absolute atomic E-state index is 0.0199. The molecule has 4 aromatic carbocycles. The third kappa shape index (κ3) is 6.73. The normalized spacial score (nSPS) is 19.1. The van der Waals surface area contributed by atoms with Gasteiger partial charge in [0.05, 0.1) is 18.8 Å². The van der Waals surface area contributed by atoms with Gasteiger partial charge in [0.25, 0.3) is 0 Å². The Bertz CT molecular complexity index is 1750. The summed E-state index contributed by atoms with van der Waals surface area (Å²) in [6.45, 7) is 1.54. The lowest BCUT2D eigenvalue weighted by Crippen LogP contribution is -2.20. The molecule has 238 valence electrons. The Hall–Kier alpha value is -4.81. The van der Waals surface area contributed by atoms with Crippen molar-refractivity contribution in [1.82, 2.24) is 0 Å². The number of carbonyl (C=O) groups excluding carboxylic acids is 1. The highest BCUT2D eigenvalue weighted by molar-refractivity contribution is 5.91. The summed E-state index contributed by atoms with van der Waals surface area (Å²) < 4.78 is 95.3. The van der Waals surface area contributed by atoms with E-state index in [1.165, 1.54) is 66.7 Å². The van der Waals surface area contributed by atoms with Crippen LogP contribution >= 0.6 is 0 Å². The van der Waals surface area contributed by atoms with Crippen molar-refractivity contribution in [3.05, 3.63) is 101 Å². The fraction of sp³-hybridized carbons (Fsp3) is 0.265. The van der Waals surface area contributed by atoms with Crippen molar-refractivity contribution >= 4 is 5.97 Å². The van der Waals surface area contributed by atoms with Crippen LogP contribution in [0.2, 0.25) is 0 Å². The zero-order valence-corrected chi connectivity index (χ0v) is 24.1. The van der Waals surface area contributed by atoms with Gasteiger partial charge < -0.3 is 33.2 Å². The Kier molecular flexibility index (Phi) is 7.91. The summed E-state index contributed by atoms with van der Waals surface area (Å²) in [4.78, 5) is 12.8. The van der Waals surface area contributed by atoms with Gasteiger partial charge in [-0.15, -0.1) is 0 Å². The lowest BCUT2D eigenvalue weighted by Gasteiger charge is -2.18. The lowest BCUT2D eigenvalue weighted by atomic mass is 9.96. The second-order valence-corrected chi connectivity index (χ2v) is 10.9. The number of benzene rings is 4. The molecule has 1 aliphatic carbocycles. The minimum Gasteiger partial charge on any atom is -0.491 e. The van der Waals surface area contributed by atoms with Gasteiger partial charge in [0, 0.05) is 6.07 Å². The fourth-order valence-electron chi connectivity index (χ4n) is 5.13. The van der Waals surface area contributed by atoms with Gasteiger partial charge in [-0.1, -0.05) is 12.1 Å². The topological polar surface area (TPSA) is 88.3 Å². The van der Waals surface area contributed by atoms with Gasteiger partial charge in [0.1, 0.15) is 54.3 Å². The summed E-state index contributed by atoms with van der Waals surface area (Å²) in [5, 5.41) is 0. The number of hydrogen-bond acceptors (Lipinski definition) is 8. The number of rotatable bonds is 12. The molecule has 0 bridgehead atoms. The predicted molar refractivity (Wildman–Crippen MR) is 154 cm³/mol. The molecule has 4 aromatic rings. The average molecular weight is 639 g/mol. The van der Waals surface area contributed by atoms with Gasteiger partial charge in [0.15, 0.2) is 11.6 Å². The predicted octanol–water partition coefficient (Wildman–Crippen LogP) is 6.69. The lowest BCUT2D eigenvalue weighted by molar-refractivity contribution is -0.140. The molecule has 12 heteroatoms. The van der Waals surface area contributed by atoms with Crippen molar-refractivity contribution in [2.45, 2.75) is 24.3 Å². The SMILES string of the molecule is O=C(Oc1ccc2c(c1)C(C(F)(F)F)c1cc(OCOc3ccc(OCC4CO4)cc3F)ccc1-2)c1ccc(OCC2CO2)cc1. The minimum atomic E-state index is -4.66. The molecule has 8 nitrogen and oxygen atoms in total. The van der Waals surface area contributed by atoms with E-state index in [1.807, 2.05) is 0 Å². The first-order valence-corrected chi connectivity index (χ1v) is 14.4. The van der Waals surface area contributed by atoms with Gasteiger partial charge in [-0.3, -0.25) is 0 Å². The van der Waals surface area contributed by atoms with Crippen molar-refractivity contribution in [3.63, 3.8) is 0 Å². The fourth-order valence-corrected chi connectivity index (χ4v) is 5.13. The number of alkyl halides is 3. The van der Waals surface area contributed by atoms with Crippen molar-refractivity contribution in [2.24, 2.45) is 0 Å². The summed E-state index contributed by atoms with van der Waals surface area (Å²) in [6.07, 6.45) is -4.55. The molecule has 3 unspecified atom stereocenters. The molecule has 0 amide bonds. The molecule has 2 aliphatic heterocycles. The molecule has 0 N–H and O–H groups in total. The van der Waals surface area contributed by atoms with Crippen LogP contribution in [0.25, 0.3) is 11.1 Å². The van der Waals surface area contributed by atoms with Crippen LogP contribution in [0.5, 0.6) is 28.7 Å². The summed E-state index contributed by atoms with van der Waals surface area (Å²) >= 11 is 0. The molecule has 2 saturated heterocycles. The van der Waals surface area contributed by atoms with Crippen molar-refractivity contribution in [2.75, 3.05) is 33.2 Å². The molecule has 0 saturated carbocycles. The van der Waals surface area contributed by atoms with Crippen LogP contribution in [0.3, 0.4) is 0 Å². The Morgan fingerprint density at radius 3 is 1.85 bits per heavy atom. The molecule has 46 heavy (non-hydrogen) atoms. The molecule has 2 fully saturated rings. The van der Waals surface area contributed by atoms with E-state index in [1.54, 1.807) is 12.1 Å². The number of epoxide rings is 2. The monoisotopic (exact) mass is 638 g/mol. The van der Waals surface area contributed by atoms with Gasteiger partial charge in [-0.05, 0) is 82.9 Å². The van der Waals surface area contributed by atoms with E-state index < -0.39 is 30.7 Å². The van der Waals surface area contributed by atoms with Gasteiger partial charge in [-0.25, -0.2) is 9.18 Å². The second kappa shape index (κ2) is 12.2. The van der Waals surface area contributed by atoms with E-state index in [-0.39, 0.29) is 46.1 Å². The number of carbonyl (C=O) groups is 1. The van der Waals surface area contributed by atoms with Crippen LogP contribution in [-0.2, 0) is 9.47 Å². The maximum atomic E-state index is 14.5. The number of fused-ring (bicyclic) bond motifs is 3. The van der Waals surface area contributed by atoms with E-state index in [2.05, 4.69) is 0 Å². The van der Waals surface area contributed by atoms with Gasteiger partial charge in [0.2, 0.25) is 6.79 Å². The molecular formula is C34H26F4O8. The summed E-state index contributed by atoms with van der Waals surface area (Å²) in [5.41, 5.74) is 0.864. The van der Waals surface area contributed by atoms with Crippen LogP contribution in [0, 0.1) is 5.82 Å². The standard InChI is InChI=1S/C34H26F4O8/c35-30-13-22(41-15-25-17-43-25)7-10-31(30)45-18-44-21-5-8-26-27-9-6-23(12-29(27)32(28(26)11-21)34(36,37)38)46-33(39)19-1-3-20(4-2-19)40-14-24-16-42-24/h1-13,24-25,32H,14-18H2. The Morgan fingerprint density at radius 1 is 0.696 bits per heavy atom. The summed E-state index contributed by atoms with van der Waals surface area (Å²) in [7, 11) is 0. The highest BCUT2D eigenvalue weighted by Crippen LogP contribution is 2.53. The smallest absolute Gasteiger partial charge is 0.399 e. The van der Waals surface area contributed by atoms with E-state index in [0.717, 1.165) is 0 Å². The number of halogens is 4. The molecule has 0 aromatic heterocycles. The van der Waals surface area contributed by atoms with E-state index in [0.29, 0.717) is 49.1 Å². The van der Waals surface area contributed by atoms with Crippen molar-refractivity contribution in [1.29, 1.82) is 0 Å². The molecular weight excluding hydrogens is 612 g/mol. The Balaban J connectivity index is 1.02. The van der Waals surface area contributed by atoms with E-state index in [4.69, 9.17) is 33.2 Å². The molecule has 0 spiro atoms. The van der Waals surface area contributed by atoms with Crippen molar-refractivity contribution < 1.29 is 55.5 Å². The van der Waals surface area contributed by atoms with E-state index in [9.17, 15) is 22.4 Å². The first kappa shape index (κ1) is 29.9. The maximum absolute atomic E-state index is 14.5. The number of esters is 1. The highest BCUT2D eigenvalue weighted by Gasteiger charge is 2.47. The van der Waals surface area contributed by atoms with Crippen LogP contribution in [-0.4, -0.2) is 57.6 Å². The summed E-state index contributed by atoms with van der Waals surface area (Å²) in [6, 6.07) is 18.8. The number of ether oxygens (including phenoxy) is 7. The van der Waals surface area contributed by atoms with E-state index >= 15 is 0 Å². The highest BCUT2D eigenvalue weighted by atomic mass is 19.4. The average Bonchev–Trinajstić information content (AvgIpc) is 3.97.